The molecule has 1 fully saturated rings. The molecule has 3 unspecified atom stereocenters. The van der Waals surface area contributed by atoms with E-state index in [1.807, 2.05) is 37.3 Å². The quantitative estimate of drug-likeness (QED) is 0.800. The van der Waals surface area contributed by atoms with Crippen LogP contribution >= 0.6 is 0 Å². The number of hydrogen-bond acceptors (Lipinski definition) is 3. The molecule has 1 saturated heterocycles. The first-order valence-corrected chi connectivity index (χ1v) is 6.42. The topological polar surface area (TPSA) is 47.6 Å². The molecule has 0 bridgehead atoms. The zero-order chi connectivity index (χ0) is 13.7. The van der Waals surface area contributed by atoms with Gasteiger partial charge in [0, 0.05) is 5.92 Å². The number of cyclic esters (lactones) is 1. The number of alkyl carbamates (subject to hydrolysis) is 1. The van der Waals surface area contributed by atoms with Gasteiger partial charge in [-0.2, -0.15) is 0 Å². The maximum Gasteiger partial charge on any atom is 0.407 e. The minimum Gasteiger partial charge on any atom is -0.443 e. The van der Waals surface area contributed by atoms with Crippen molar-refractivity contribution in [3.05, 3.63) is 48.6 Å². The molecule has 0 radical (unpaired) electrons. The van der Waals surface area contributed by atoms with E-state index in [1.165, 1.54) is 0 Å². The van der Waals surface area contributed by atoms with E-state index in [0.717, 1.165) is 5.56 Å². The van der Waals surface area contributed by atoms with Crippen molar-refractivity contribution in [2.24, 2.45) is 5.92 Å². The summed E-state index contributed by atoms with van der Waals surface area (Å²) < 4.78 is 10.9. The van der Waals surface area contributed by atoms with Crippen molar-refractivity contribution in [2.45, 2.75) is 25.7 Å². The molecule has 102 valence electrons. The van der Waals surface area contributed by atoms with E-state index in [2.05, 4.69) is 11.9 Å². The van der Waals surface area contributed by atoms with Crippen LogP contribution in [0.3, 0.4) is 0 Å². The number of benzene rings is 1. The van der Waals surface area contributed by atoms with Crippen LogP contribution in [0.5, 0.6) is 0 Å². The maximum absolute atomic E-state index is 11.3. The third kappa shape index (κ3) is 3.58. The Morgan fingerprint density at radius 3 is 2.89 bits per heavy atom. The highest BCUT2D eigenvalue weighted by atomic mass is 16.6. The molecule has 1 aromatic rings. The van der Waals surface area contributed by atoms with Crippen molar-refractivity contribution < 1.29 is 14.3 Å². The molecule has 0 spiro atoms. The Bertz CT molecular complexity index is 432. The predicted octanol–water partition coefficient (Wildman–Crippen LogP) is 2.50. The SMILES string of the molecule is C=CC(C)C1OC(=O)NC1COCc1ccccc1. The Morgan fingerprint density at radius 2 is 2.21 bits per heavy atom. The smallest absolute Gasteiger partial charge is 0.407 e. The Hall–Kier alpha value is -1.81. The van der Waals surface area contributed by atoms with Crippen molar-refractivity contribution >= 4 is 6.09 Å². The number of hydrogen-bond donors (Lipinski definition) is 1. The lowest BCUT2D eigenvalue weighted by molar-refractivity contribution is 0.0589. The van der Waals surface area contributed by atoms with Crippen molar-refractivity contribution in [1.82, 2.24) is 5.32 Å². The molecular formula is C15H19NO3. The fraction of sp³-hybridized carbons (Fsp3) is 0.400. The number of ether oxygens (including phenoxy) is 2. The van der Waals surface area contributed by atoms with E-state index in [-0.39, 0.29) is 24.2 Å². The molecule has 4 nitrogen and oxygen atoms in total. The molecule has 19 heavy (non-hydrogen) atoms. The summed E-state index contributed by atoms with van der Waals surface area (Å²) in [6.45, 7) is 6.67. The van der Waals surface area contributed by atoms with Gasteiger partial charge in [0.2, 0.25) is 0 Å². The number of rotatable bonds is 6. The van der Waals surface area contributed by atoms with Gasteiger partial charge in [0.05, 0.1) is 19.3 Å². The van der Waals surface area contributed by atoms with Crippen LogP contribution in [0.1, 0.15) is 12.5 Å². The summed E-state index contributed by atoms with van der Waals surface area (Å²) in [4.78, 5) is 11.3. The normalized spacial score (nSPS) is 23.5. The molecule has 0 aromatic heterocycles. The summed E-state index contributed by atoms with van der Waals surface area (Å²) >= 11 is 0. The monoisotopic (exact) mass is 261 g/mol. The van der Waals surface area contributed by atoms with Crippen LogP contribution in [0, 0.1) is 5.92 Å². The summed E-state index contributed by atoms with van der Waals surface area (Å²) in [6, 6.07) is 9.81. The van der Waals surface area contributed by atoms with Crippen LogP contribution in [-0.4, -0.2) is 24.8 Å². The molecule has 1 aliphatic heterocycles. The van der Waals surface area contributed by atoms with Gasteiger partial charge in [0.25, 0.3) is 0 Å². The lowest BCUT2D eigenvalue weighted by atomic mass is 9.99. The number of nitrogens with one attached hydrogen (secondary N) is 1. The van der Waals surface area contributed by atoms with Crippen LogP contribution in [0.25, 0.3) is 0 Å². The molecule has 1 heterocycles. The third-order valence-corrected chi connectivity index (χ3v) is 3.24. The molecule has 3 atom stereocenters. The summed E-state index contributed by atoms with van der Waals surface area (Å²) in [7, 11) is 0. The highest BCUT2D eigenvalue weighted by Gasteiger charge is 2.36. The second kappa shape index (κ2) is 6.38. The second-order valence-electron chi connectivity index (χ2n) is 4.72. The number of carbonyl (C=O) groups excluding carboxylic acids is 1. The van der Waals surface area contributed by atoms with Crippen molar-refractivity contribution in [1.29, 1.82) is 0 Å². The largest absolute Gasteiger partial charge is 0.443 e. The summed E-state index contributed by atoms with van der Waals surface area (Å²) in [5.41, 5.74) is 1.11. The van der Waals surface area contributed by atoms with E-state index in [1.54, 1.807) is 6.08 Å². The van der Waals surface area contributed by atoms with Gasteiger partial charge < -0.3 is 14.8 Å². The summed E-state index contributed by atoms with van der Waals surface area (Å²) in [6.07, 6.45) is 1.20. The highest BCUT2D eigenvalue weighted by molar-refractivity contribution is 5.70. The number of carbonyl (C=O) groups is 1. The molecule has 0 aliphatic carbocycles. The Kier molecular flexibility index (Phi) is 4.58. The minimum absolute atomic E-state index is 0.101. The molecule has 1 aliphatic rings. The van der Waals surface area contributed by atoms with Crippen LogP contribution in [0.15, 0.2) is 43.0 Å². The molecule has 1 N–H and O–H groups in total. The van der Waals surface area contributed by atoms with E-state index >= 15 is 0 Å². The first-order valence-electron chi connectivity index (χ1n) is 6.42. The minimum atomic E-state index is -0.382. The van der Waals surface area contributed by atoms with Gasteiger partial charge in [-0.3, -0.25) is 0 Å². The third-order valence-electron chi connectivity index (χ3n) is 3.24. The molecule has 0 saturated carbocycles. The fourth-order valence-corrected chi connectivity index (χ4v) is 2.10. The van der Waals surface area contributed by atoms with Gasteiger partial charge in [-0.05, 0) is 5.56 Å². The summed E-state index contributed by atoms with van der Waals surface area (Å²) in [5, 5.41) is 2.77. The Labute approximate surface area is 113 Å². The standard InChI is InChI=1S/C15H19NO3/c1-3-11(2)14-13(16-15(17)19-14)10-18-9-12-7-5-4-6-8-12/h3-8,11,13-14H,1,9-10H2,2H3,(H,16,17). The van der Waals surface area contributed by atoms with Gasteiger partial charge in [0.1, 0.15) is 6.10 Å². The first kappa shape index (κ1) is 13.6. The molecular weight excluding hydrogens is 242 g/mol. The van der Waals surface area contributed by atoms with Crippen LogP contribution in [0.4, 0.5) is 4.79 Å². The fourth-order valence-electron chi connectivity index (χ4n) is 2.10. The maximum atomic E-state index is 11.3. The van der Waals surface area contributed by atoms with Gasteiger partial charge in [-0.15, -0.1) is 6.58 Å². The van der Waals surface area contributed by atoms with E-state index < -0.39 is 0 Å². The molecule has 1 amide bonds. The lowest BCUT2D eigenvalue weighted by Crippen LogP contribution is -2.38. The van der Waals surface area contributed by atoms with Gasteiger partial charge in [0.15, 0.2) is 0 Å². The summed E-state index contributed by atoms with van der Waals surface area (Å²) in [5.74, 6) is 0.101. The van der Waals surface area contributed by atoms with Crippen molar-refractivity contribution in [2.75, 3.05) is 6.61 Å². The lowest BCUT2D eigenvalue weighted by Gasteiger charge is -2.20. The van der Waals surface area contributed by atoms with E-state index in [9.17, 15) is 4.79 Å². The van der Waals surface area contributed by atoms with Gasteiger partial charge >= 0.3 is 6.09 Å². The van der Waals surface area contributed by atoms with Gasteiger partial charge in [-0.25, -0.2) is 4.79 Å². The average Bonchev–Trinajstić information content (AvgIpc) is 2.80. The zero-order valence-corrected chi connectivity index (χ0v) is 11.0. The van der Waals surface area contributed by atoms with E-state index in [0.29, 0.717) is 13.2 Å². The van der Waals surface area contributed by atoms with Crippen molar-refractivity contribution in [3.63, 3.8) is 0 Å². The highest BCUT2D eigenvalue weighted by Crippen LogP contribution is 2.19. The molecule has 2 rings (SSSR count). The predicted molar refractivity (Wildman–Crippen MR) is 72.7 cm³/mol. The molecule has 1 aromatic carbocycles. The number of amides is 1. The average molecular weight is 261 g/mol. The van der Waals surface area contributed by atoms with Crippen LogP contribution < -0.4 is 5.32 Å². The van der Waals surface area contributed by atoms with Crippen LogP contribution in [0.2, 0.25) is 0 Å². The van der Waals surface area contributed by atoms with Crippen molar-refractivity contribution in [3.8, 4) is 0 Å². The van der Waals surface area contributed by atoms with E-state index in [4.69, 9.17) is 9.47 Å². The Balaban J connectivity index is 1.84. The van der Waals surface area contributed by atoms with Crippen LogP contribution in [-0.2, 0) is 16.1 Å². The molecule has 4 heteroatoms. The second-order valence-corrected chi connectivity index (χ2v) is 4.72. The zero-order valence-electron chi connectivity index (χ0n) is 11.0. The first-order chi connectivity index (χ1) is 9.20. The van der Waals surface area contributed by atoms with Gasteiger partial charge in [-0.1, -0.05) is 43.3 Å². The Morgan fingerprint density at radius 1 is 1.47 bits per heavy atom.